The summed E-state index contributed by atoms with van der Waals surface area (Å²) in [5.41, 5.74) is 1.26. The fraction of sp³-hybridized carbons (Fsp3) is 0.409. The van der Waals surface area contributed by atoms with Gasteiger partial charge in [-0.15, -0.1) is 0 Å². The van der Waals surface area contributed by atoms with Gasteiger partial charge in [-0.2, -0.15) is 0 Å². The molecule has 1 aliphatic carbocycles. The van der Waals surface area contributed by atoms with Crippen molar-refractivity contribution in [1.82, 2.24) is 5.32 Å². The van der Waals surface area contributed by atoms with E-state index in [1.807, 2.05) is 0 Å². The molecule has 0 radical (unpaired) electrons. The molecule has 0 spiro atoms. The quantitative estimate of drug-likeness (QED) is 0.553. The van der Waals surface area contributed by atoms with Crippen molar-refractivity contribution in [2.24, 2.45) is 5.92 Å². The van der Waals surface area contributed by atoms with E-state index in [4.69, 9.17) is 9.47 Å². The number of nitro groups is 1. The first-order valence-electron chi connectivity index (χ1n) is 9.83. The van der Waals surface area contributed by atoms with Gasteiger partial charge in [0, 0.05) is 23.7 Å². The molecule has 2 aromatic rings. The highest BCUT2D eigenvalue weighted by Crippen LogP contribution is 2.34. The van der Waals surface area contributed by atoms with Gasteiger partial charge in [-0.3, -0.25) is 14.9 Å². The third kappa shape index (κ3) is 5.25. The van der Waals surface area contributed by atoms with E-state index >= 15 is 0 Å². The molecular formula is C22H26N2O5. The Balaban J connectivity index is 1.75. The zero-order valence-electron chi connectivity index (χ0n) is 16.7. The van der Waals surface area contributed by atoms with Crippen LogP contribution in [0.5, 0.6) is 11.5 Å². The second kappa shape index (κ2) is 9.41. The lowest BCUT2D eigenvalue weighted by Crippen LogP contribution is -2.43. The second-order valence-electron chi connectivity index (χ2n) is 7.39. The van der Waals surface area contributed by atoms with Crippen LogP contribution in [0.3, 0.4) is 0 Å². The number of ether oxygens (including phenoxy) is 2. The molecule has 1 aliphatic rings. The number of hydrogen-bond acceptors (Lipinski definition) is 5. The Morgan fingerprint density at radius 3 is 2.55 bits per heavy atom. The number of carbonyl (C=O) groups excluding carboxylic acids is 1. The topological polar surface area (TPSA) is 90.7 Å². The Bertz CT molecular complexity index is 866. The van der Waals surface area contributed by atoms with Gasteiger partial charge in [-0.25, -0.2) is 0 Å². The molecule has 2 atom stereocenters. The van der Waals surface area contributed by atoms with Crippen molar-refractivity contribution in [3.63, 3.8) is 0 Å². The summed E-state index contributed by atoms with van der Waals surface area (Å²) in [7, 11) is 1.57. The first-order chi connectivity index (χ1) is 14.0. The van der Waals surface area contributed by atoms with Crippen LogP contribution in [0.1, 0.15) is 32.6 Å². The van der Waals surface area contributed by atoms with Gasteiger partial charge in [0.1, 0.15) is 11.5 Å². The zero-order chi connectivity index (χ0) is 20.8. The Morgan fingerprint density at radius 2 is 1.90 bits per heavy atom. The number of methoxy groups -OCH3 is 1. The summed E-state index contributed by atoms with van der Waals surface area (Å²) in [5, 5.41) is 14.2. The first kappa shape index (κ1) is 20.6. The van der Waals surface area contributed by atoms with Gasteiger partial charge in [0.05, 0.1) is 12.0 Å². The number of nitro benzene ring substituents is 1. The van der Waals surface area contributed by atoms with Crippen LogP contribution >= 0.6 is 0 Å². The molecule has 0 saturated heterocycles. The summed E-state index contributed by atoms with van der Waals surface area (Å²) in [4.78, 5) is 23.1. The van der Waals surface area contributed by atoms with E-state index in [1.54, 1.807) is 31.4 Å². The Morgan fingerprint density at radius 1 is 1.17 bits per heavy atom. The highest BCUT2D eigenvalue weighted by atomic mass is 16.6. The highest BCUT2D eigenvalue weighted by molar-refractivity contribution is 5.79. The first-order valence-corrected chi connectivity index (χ1v) is 9.83. The SMILES string of the molecule is COc1ccc(-c2cc([N+](=O)[O-])ccc2OCC(=O)N[C@H]2CCCC[C@@H]2C)cc1. The van der Waals surface area contributed by atoms with Crippen LogP contribution in [0.4, 0.5) is 5.69 Å². The van der Waals surface area contributed by atoms with E-state index in [-0.39, 0.29) is 24.2 Å². The lowest BCUT2D eigenvalue weighted by molar-refractivity contribution is -0.384. The molecule has 29 heavy (non-hydrogen) atoms. The van der Waals surface area contributed by atoms with Gasteiger partial charge in [-0.1, -0.05) is 31.9 Å². The molecule has 2 aromatic carbocycles. The van der Waals surface area contributed by atoms with Crippen molar-refractivity contribution >= 4 is 11.6 Å². The number of nitrogens with one attached hydrogen (secondary N) is 1. The minimum absolute atomic E-state index is 0.0383. The fourth-order valence-electron chi connectivity index (χ4n) is 3.68. The molecule has 154 valence electrons. The molecule has 0 aromatic heterocycles. The van der Waals surface area contributed by atoms with Crippen LogP contribution in [0.2, 0.25) is 0 Å². The van der Waals surface area contributed by atoms with Crippen LogP contribution in [0.15, 0.2) is 42.5 Å². The van der Waals surface area contributed by atoms with Crippen molar-refractivity contribution in [2.75, 3.05) is 13.7 Å². The molecule has 0 unspecified atom stereocenters. The number of carbonyl (C=O) groups is 1. The van der Waals surface area contributed by atoms with E-state index in [0.29, 0.717) is 23.0 Å². The van der Waals surface area contributed by atoms with Crippen molar-refractivity contribution in [3.8, 4) is 22.6 Å². The average Bonchev–Trinajstić information content (AvgIpc) is 2.74. The molecule has 0 heterocycles. The maximum Gasteiger partial charge on any atom is 0.270 e. The number of non-ortho nitro benzene ring substituents is 1. The third-order valence-corrected chi connectivity index (χ3v) is 5.39. The van der Waals surface area contributed by atoms with Crippen LogP contribution in [0, 0.1) is 16.0 Å². The van der Waals surface area contributed by atoms with Crippen LogP contribution in [-0.4, -0.2) is 30.6 Å². The molecular weight excluding hydrogens is 372 g/mol. The van der Waals surface area contributed by atoms with Crippen molar-refractivity contribution in [1.29, 1.82) is 0 Å². The van der Waals surface area contributed by atoms with Crippen molar-refractivity contribution < 1.29 is 19.2 Å². The van der Waals surface area contributed by atoms with Crippen LogP contribution < -0.4 is 14.8 Å². The Labute approximate surface area is 170 Å². The molecule has 3 rings (SSSR count). The van der Waals surface area contributed by atoms with Crippen molar-refractivity contribution in [2.45, 2.75) is 38.6 Å². The molecule has 0 bridgehead atoms. The predicted octanol–water partition coefficient (Wildman–Crippen LogP) is 4.34. The third-order valence-electron chi connectivity index (χ3n) is 5.39. The zero-order valence-corrected chi connectivity index (χ0v) is 16.7. The molecule has 7 nitrogen and oxygen atoms in total. The standard InChI is InChI=1S/C22H26N2O5/c1-15-5-3-4-6-20(15)23-22(25)14-29-21-12-9-17(24(26)27)13-19(21)16-7-10-18(28-2)11-8-16/h7-13,15,20H,3-6,14H2,1-2H3,(H,23,25)/t15-,20-/m0/s1. The van der Waals surface area contributed by atoms with Gasteiger partial charge in [0.15, 0.2) is 6.61 Å². The van der Waals surface area contributed by atoms with Gasteiger partial charge in [0.2, 0.25) is 0 Å². The van der Waals surface area contributed by atoms with Gasteiger partial charge in [0.25, 0.3) is 11.6 Å². The summed E-state index contributed by atoms with van der Waals surface area (Å²) < 4.78 is 10.9. The van der Waals surface area contributed by atoms with Gasteiger partial charge < -0.3 is 14.8 Å². The number of rotatable bonds is 7. The average molecular weight is 398 g/mol. The fourth-order valence-corrected chi connectivity index (χ4v) is 3.68. The largest absolute Gasteiger partial charge is 0.497 e. The molecule has 0 aliphatic heterocycles. The van der Waals surface area contributed by atoms with E-state index in [0.717, 1.165) is 24.8 Å². The number of benzene rings is 2. The number of hydrogen-bond donors (Lipinski definition) is 1. The minimum Gasteiger partial charge on any atom is -0.497 e. The summed E-state index contributed by atoms with van der Waals surface area (Å²) in [5.74, 6) is 1.39. The number of nitrogens with zero attached hydrogens (tertiary/aromatic N) is 1. The maximum absolute atomic E-state index is 12.4. The predicted molar refractivity (Wildman–Crippen MR) is 110 cm³/mol. The lowest BCUT2D eigenvalue weighted by atomic mass is 9.86. The molecule has 1 fully saturated rings. The normalized spacial score (nSPS) is 18.7. The Kier molecular flexibility index (Phi) is 6.69. The molecule has 1 saturated carbocycles. The van der Waals surface area contributed by atoms with Gasteiger partial charge >= 0.3 is 0 Å². The van der Waals surface area contributed by atoms with Crippen LogP contribution in [-0.2, 0) is 4.79 Å². The van der Waals surface area contributed by atoms with Gasteiger partial charge in [-0.05, 0) is 42.5 Å². The van der Waals surface area contributed by atoms with Crippen LogP contribution in [0.25, 0.3) is 11.1 Å². The van der Waals surface area contributed by atoms with E-state index in [1.165, 1.54) is 24.6 Å². The molecule has 1 N–H and O–H groups in total. The molecule has 1 amide bonds. The van der Waals surface area contributed by atoms with Crippen molar-refractivity contribution in [3.05, 3.63) is 52.6 Å². The van der Waals surface area contributed by atoms with E-state index in [9.17, 15) is 14.9 Å². The second-order valence-corrected chi connectivity index (χ2v) is 7.39. The van der Waals surface area contributed by atoms with E-state index < -0.39 is 4.92 Å². The smallest absolute Gasteiger partial charge is 0.270 e. The summed E-state index contributed by atoms with van der Waals surface area (Å²) in [6.07, 6.45) is 4.44. The maximum atomic E-state index is 12.4. The summed E-state index contributed by atoms with van der Waals surface area (Å²) in [6, 6.07) is 11.7. The van der Waals surface area contributed by atoms with E-state index in [2.05, 4.69) is 12.2 Å². The monoisotopic (exact) mass is 398 g/mol. The highest BCUT2D eigenvalue weighted by Gasteiger charge is 2.23. The summed E-state index contributed by atoms with van der Waals surface area (Å²) in [6.45, 7) is 2.02. The summed E-state index contributed by atoms with van der Waals surface area (Å²) >= 11 is 0. The Hall–Kier alpha value is -3.09. The molecule has 7 heteroatoms. The minimum atomic E-state index is -0.450. The number of amides is 1. The lowest BCUT2D eigenvalue weighted by Gasteiger charge is -2.29.